The van der Waals surface area contributed by atoms with Crippen LogP contribution in [0.15, 0.2) is 0 Å². The predicted molar refractivity (Wildman–Crippen MR) is 49.8 cm³/mol. The Hall–Kier alpha value is -0.180. The van der Waals surface area contributed by atoms with Gasteiger partial charge >= 0.3 is 0 Å². The van der Waals surface area contributed by atoms with Crippen LogP contribution in [0.5, 0.6) is 0 Å². The van der Waals surface area contributed by atoms with Crippen molar-refractivity contribution in [1.82, 2.24) is 0 Å². The van der Waals surface area contributed by atoms with Crippen molar-refractivity contribution in [2.75, 3.05) is 0 Å². The van der Waals surface area contributed by atoms with Gasteiger partial charge in [-0.2, -0.15) is 0 Å². The van der Waals surface area contributed by atoms with Gasteiger partial charge in [0.1, 0.15) is 0 Å². The van der Waals surface area contributed by atoms with Crippen molar-refractivity contribution in [2.45, 2.75) is 57.4 Å². The third-order valence-corrected chi connectivity index (χ3v) is 2.87. The Bertz CT molecular complexity index is 144. The minimum atomic E-state index is -2.38. The van der Waals surface area contributed by atoms with E-state index in [1.807, 2.05) is 6.92 Å². The van der Waals surface area contributed by atoms with Gasteiger partial charge in [-0.05, 0) is 38.5 Å². The minimum absolute atomic E-state index is 0.0800. The Morgan fingerprint density at radius 3 is 2.38 bits per heavy atom. The van der Waals surface area contributed by atoms with Gasteiger partial charge in [0.2, 0.25) is 5.92 Å². The summed E-state index contributed by atoms with van der Waals surface area (Å²) in [5.41, 5.74) is 5.61. The van der Waals surface area contributed by atoms with Gasteiger partial charge in [-0.1, -0.05) is 0 Å². The molecule has 1 rings (SSSR count). The number of hydrogen-bond donors (Lipinski definition) is 1. The van der Waals surface area contributed by atoms with Crippen molar-refractivity contribution in [3.8, 4) is 0 Å². The number of nitrogens with two attached hydrogens (primary N) is 1. The molecule has 1 saturated carbocycles. The number of halogens is 2. The SMILES string of the molecule is C[C@@H](N)CCC1CCC(F)(F)CC1. The van der Waals surface area contributed by atoms with Gasteiger partial charge in [0.25, 0.3) is 0 Å². The monoisotopic (exact) mass is 191 g/mol. The second kappa shape index (κ2) is 4.36. The van der Waals surface area contributed by atoms with Crippen LogP contribution in [-0.2, 0) is 0 Å². The Balaban J connectivity index is 2.18. The van der Waals surface area contributed by atoms with Gasteiger partial charge in [0.05, 0.1) is 0 Å². The van der Waals surface area contributed by atoms with Crippen LogP contribution >= 0.6 is 0 Å². The summed E-state index contributed by atoms with van der Waals surface area (Å²) in [6.45, 7) is 1.97. The fourth-order valence-corrected chi connectivity index (χ4v) is 1.89. The number of alkyl halides is 2. The van der Waals surface area contributed by atoms with Crippen molar-refractivity contribution < 1.29 is 8.78 Å². The zero-order chi connectivity index (χ0) is 9.90. The van der Waals surface area contributed by atoms with Crippen LogP contribution in [0.25, 0.3) is 0 Å². The molecule has 1 nitrogen and oxygen atoms in total. The van der Waals surface area contributed by atoms with E-state index < -0.39 is 5.92 Å². The maximum absolute atomic E-state index is 12.8. The molecular formula is C10H19F2N. The molecule has 1 aliphatic carbocycles. The van der Waals surface area contributed by atoms with Crippen molar-refractivity contribution in [1.29, 1.82) is 0 Å². The highest BCUT2D eigenvalue weighted by atomic mass is 19.3. The Morgan fingerprint density at radius 1 is 1.38 bits per heavy atom. The van der Waals surface area contributed by atoms with Gasteiger partial charge in [0.15, 0.2) is 0 Å². The molecule has 0 aromatic carbocycles. The molecule has 0 aromatic rings. The lowest BCUT2D eigenvalue weighted by molar-refractivity contribution is -0.0467. The van der Waals surface area contributed by atoms with E-state index in [-0.39, 0.29) is 18.9 Å². The van der Waals surface area contributed by atoms with Crippen molar-refractivity contribution >= 4 is 0 Å². The van der Waals surface area contributed by atoms with Crippen LogP contribution in [0.1, 0.15) is 45.4 Å². The molecular weight excluding hydrogens is 172 g/mol. The first kappa shape index (κ1) is 10.9. The molecule has 0 unspecified atom stereocenters. The average molecular weight is 191 g/mol. The zero-order valence-electron chi connectivity index (χ0n) is 8.23. The van der Waals surface area contributed by atoms with E-state index in [0.717, 1.165) is 12.8 Å². The Morgan fingerprint density at radius 2 is 1.92 bits per heavy atom. The standard InChI is InChI=1S/C10H19F2N/c1-8(13)2-3-9-4-6-10(11,12)7-5-9/h8-9H,2-7,13H2,1H3/t8-/m1/s1. The molecule has 0 aliphatic heterocycles. The molecule has 78 valence electrons. The van der Waals surface area contributed by atoms with Crippen LogP contribution < -0.4 is 5.73 Å². The molecule has 0 amide bonds. The average Bonchev–Trinajstić information content (AvgIpc) is 2.02. The fraction of sp³-hybridized carbons (Fsp3) is 1.00. The lowest BCUT2D eigenvalue weighted by atomic mass is 9.83. The molecule has 0 aromatic heterocycles. The van der Waals surface area contributed by atoms with E-state index >= 15 is 0 Å². The topological polar surface area (TPSA) is 26.0 Å². The van der Waals surface area contributed by atoms with E-state index in [1.54, 1.807) is 0 Å². The van der Waals surface area contributed by atoms with Gasteiger partial charge < -0.3 is 5.73 Å². The van der Waals surface area contributed by atoms with Gasteiger partial charge in [-0.15, -0.1) is 0 Å². The lowest BCUT2D eigenvalue weighted by Crippen LogP contribution is -2.25. The maximum atomic E-state index is 12.8. The molecule has 0 bridgehead atoms. The summed E-state index contributed by atoms with van der Waals surface area (Å²) < 4.78 is 25.5. The van der Waals surface area contributed by atoms with Crippen molar-refractivity contribution in [2.24, 2.45) is 11.7 Å². The summed E-state index contributed by atoms with van der Waals surface area (Å²) in [7, 11) is 0. The number of rotatable bonds is 3. The molecule has 1 aliphatic rings. The van der Waals surface area contributed by atoms with Gasteiger partial charge in [-0.25, -0.2) is 8.78 Å². The molecule has 0 spiro atoms. The van der Waals surface area contributed by atoms with Crippen LogP contribution in [0, 0.1) is 5.92 Å². The zero-order valence-corrected chi connectivity index (χ0v) is 8.23. The summed E-state index contributed by atoms with van der Waals surface area (Å²) in [6.07, 6.45) is 3.51. The summed E-state index contributed by atoms with van der Waals surface area (Å²) >= 11 is 0. The van der Waals surface area contributed by atoms with E-state index in [0.29, 0.717) is 18.8 Å². The number of hydrogen-bond acceptors (Lipinski definition) is 1. The third kappa shape index (κ3) is 4.03. The van der Waals surface area contributed by atoms with E-state index in [2.05, 4.69) is 0 Å². The van der Waals surface area contributed by atoms with Crippen molar-refractivity contribution in [3.63, 3.8) is 0 Å². The highest BCUT2D eigenvalue weighted by Gasteiger charge is 2.34. The third-order valence-electron chi connectivity index (χ3n) is 2.87. The molecule has 1 atom stereocenters. The normalized spacial score (nSPS) is 25.8. The summed E-state index contributed by atoms with van der Waals surface area (Å²) in [5.74, 6) is -1.89. The van der Waals surface area contributed by atoms with Gasteiger partial charge in [0, 0.05) is 18.9 Å². The molecule has 3 heteroatoms. The summed E-state index contributed by atoms with van der Waals surface area (Å²) in [6, 6.07) is 0.211. The van der Waals surface area contributed by atoms with Crippen LogP contribution in [-0.4, -0.2) is 12.0 Å². The van der Waals surface area contributed by atoms with E-state index in [1.165, 1.54) is 0 Å². The molecule has 0 heterocycles. The maximum Gasteiger partial charge on any atom is 0.248 e. The summed E-state index contributed by atoms with van der Waals surface area (Å²) in [4.78, 5) is 0. The Labute approximate surface area is 78.7 Å². The van der Waals surface area contributed by atoms with E-state index in [4.69, 9.17) is 5.73 Å². The second-order valence-corrected chi connectivity index (χ2v) is 4.35. The smallest absolute Gasteiger partial charge is 0.248 e. The van der Waals surface area contributed by atoms with Crippen molar-refractivity contribution in [3.05, 3.63) is 0 Å². The molecule has 1 fully saturated rings. The molecule has 13 heavy (non-hydrogen) atoms. The molecule has 0 saturated heterocycles. The first-order valence-corrected chi connectivity index (χ1v) is 5.13. The van der Waals surface area contributed by atoms with Crippen LogP contribution in [0.3, 0.4) is 0 Å². The lowest BCUT2D eigenvalue weighted by Gasteiger charge is -2.28. The highest BCUT2D eigenvalue weighted by molar-refractivity contribution is 4.77. The quantitative estimate of drug-likeness (QED) is 0.729. The van der Waals surface area contributed by atoms with Crippen LogP contribution in [0.2, 0.25) is 0 Å². The largest absolute Gasteiger partial charge is 0.328 e. The highest BCUT2D eigenvalue weighted by Crippen LogP contribution is 2.37. The fourth-order valence-electron chi connectivity index (χ4n) is 1.89. The summed E-state index contributed by atoms with van der Waals surface area (Å²) in [5, 5.41) is 0. The first-order valence-electron chi connectivity index (χ1n) is 5.13. The van der Waals surface area contributed by atoms with Crippen LogP contribution in [0.4, 0.5) is 8.78 Å². The minimum Gasteiger partial charge on any atom is -0.328 e. The van der Waals surface area contributed by atoms with E-state index in [9.17, 15) is 8.78 Å². The van der Waals surface area contributed by atoms with Gasteiger partial charge in [-0.3, -0.25) is 0 Å². The Kier molecular flexibility index (Phi) is 3.65. The first-order chi connectivity index (χ1) is 5.99. The molecule has 0 radical (unpaired) electrons. The predicted octanol–water partition coefficient (Wildman–Crippen LogP) is 2.94. The molecule has 2 N–H and O–H groups in total. The second-order valence-electron chi connectivity index (χ2n) is 4.35.